The van der Waals surface area contributed by atoms with Crippen LogP contribution < -0.4 is 0 Å². The van der Waals surface area contributed by atoms with E-state index in [2.05, 4.69) is 24.3 Å². The second-order valence-electron chi connectivity index (χ2n) is 4.54. The van der Waals surface area contributed by atoms with Crippen molar-refractivity contribution in [2.45, 2.75) is 23.2 Å². The minimum atomic E-state index is -0.497. The van der Waals surface area contributed by atoms with Gasteiger partial charge in [-0.05, 0) is 17.9 Å². The molecule has 0 aromatic heterocycles. The monoisotopic (exact) mass is 282 g/mol. The molecule has 0 atom stereocenters. The normalized spacial score (nSPS) is 24.2. The van der Waals surface area contributed by atoms with Crippen LogP contribution in [0.15, 0.2) is 30.3 Å². The summed E-state index contributed by atoms with van der Waals surface area (Å²) >= 11 is 4.09. The first-order valence-corrected chi connectivity index (χ1v) is 8.55. The van der Waals surface area contributed by atoms with Crippen molar-refractivity contribution < 1.29 is 9.47 Å². The Hall–Kier alpha value is -0.160. The number of hydrogen-bond acceptors (Lipinski definition) is 4. The zero-order chi connectivity index (χ0) is 12.3. The van der Waals surface area contributed by atoms with E-state index >= 15 is 0 Å². The average molecular weight is 282 g/mol. The van der Waals surface area contributed by atoms with Gasteiger partial charge in [0.1, 0.15) is 0 Å². The summed E-state index contributed by atoms with van der Waals surface area (Å²) in [6, 6.07) is 10.4. The van der Waals surface area contributed by atoms with Crippen LogP contribution in [0.5, 0.6) is 0 Å². The molecule has 98 valence electrons. The molecule has 0 radical (unpaired) electrons. The van der Waals surface area contributed by atoms with Gasteiger partial charge in [0.15, 0.2) is 5.79 Å². The van der Waals surface area contributed by atoms with Crippen LogP contribution >= 0.6 is 23.5 Å². The Kier molecular flexibility index (Phi) is 4.19. The molecule has 0 amide bonds. The molecule has 1 aromatic carbocycles. The van der Waals surface area contributed by atoms with Gasteiger partial charge in [0.2, 0.25) is 0 Å². The van der Waals surface area contributed by atoms with Crippen molar-refractivity contribution in [3.8, 4) is 0 Å². The fraction of sp³-hybridized carbons (Fsp3) is 0.571. The lowest BCUT2D eigenvalue weighted by Gasteiger charge is -2.32. The molecule has 2 fully saturated rings. The molecule has 2 saturated heterocycles. The Labute approximate surface area is 117 Å². The largest absolute Gasteiger partial charge is 0.343 e. The highest BCUT2D eigenvalue weighted by Gasteiger charge is 2.41. The molecule has 2 heterocycles. The van der Waals surface area contributed by atoms with E-state index in [9.17, 15) is 0 Å². The van der Waals surface area contributed by atoms with E-state index in [0.717, 1.165) is 12.0 Å². The van der Waals surface area contributed by atoms with Crippen molar-refractivity contribution in [3.05, 3.63) is 35.9 Å². The molecule has 2 aliphatic rings. The molecule has 0 spiro atoms. The van der Waals surface area contributed by atoms with Gasteiger partial charge in [-0.25, -0.2) is 0 Å². The van der Waals surface area contributed by atoms with Crippen LogP contribution in [0.1, 0.15) is 18.4 Å². The summed E-state index contributed by atoms with van der Waals surface area (Å²) in [5, 5.41) is 0. The lowest BCUT2D eigenvalue weighted by molar-refractivity contribution is -0.167. The Morgan fingerprint density at radius 2 is 1.72 bits per heavy atom. The summed E-state index contributed by atoms with van der Waals surface area (Å²) < 4.78 is 12.6. The highest BCUT2D eigenvalue weighted by atomic mass is 32.2. The van der Waals surface area contributed by atoms with Crippen molar-refractivity contribution in [1.82, 2.24) is 0 Å². The van der Waals surface area contributed by atoms with E-state index in [-0.39, 0.29) is 0 Å². The number of thioether (sulfide) groups is 2. The third-order valence-electron chi connectivity index (χ3n) is 3.30. The van der Waals surface area contributed by atoms with Crippen LogP contribution in [0.2, 0.25) is 0 Å². The van der Waals surface area contributed by atoms with Gasteiger partial charge in [0, 0.05) is 12.0 Å². The second kappa shape index (κ2) is 5.87. The van der Waals surface area contributed by atoms with Crippen LogP contribution in [-0.2, 0) is 15.3 Å². The van der Waals surface area contributed by atoms with Gasteiger partial charge in [-0.1, -0.05) is 30.3 Å². The smallest absolute Gasteiger partial charge is 0.196 e. The van der Waals surface area contributed by atoms with Crippen LogP contribution in [0.3, 0.4) is 0 Å². The Morgan fingerprint density at radius 3 is 2.39 bits per heavy atom. The summed E-state index contributed by atoms with van der Waals surface area (Å²) in [7, 11) is 0. The molecule has 0 N–H and O–H groups in total. The highest BCUT2D eigenvalue weighted by molar-refractivity contribution is 8.17. The van der Waals surface area contributed by atoms with Crippen molar-refractivity contribution >= 4 is 23.5 Å². The molecule has 18 heavy (non-hydrogen) atoms. The minimum Gasteiger partial charge on any atom is -0.343 e. The van der Waals surface area contributed by atoms with E-state index in [4.69, 9.17) is 9.47 Å². The predicted molar refractivity (Wildman–Crippen MR) is 78.0 cm³/mol. The van der Waals surface area contributed by atoms with Crippen molar-refractivity contribution in [3.63, 3.8) is 0 Å². The van der Waals surface area contributed by atoms with Crippen LogP contribution in [0.4, 0.5) is 0 Å². The van der Waals surface area contributed by atoms with Gasteiger partial charge in [0.05, 0.1) is 17.8 Å². The first kappa shape index (κ1) is 12.9. The maximum atomic E-state index is 5.98. The molecule has 0 aliphatic carbocycles. The SMILES string of the molecule is c1ccc(C2(CC3SCCCS3)OCCO2)cc1. The first-order chi connectivity index (χ1) is 8.89. The molecule has 1 aromatic rings. The van der Waals surface area contributed by atoms with Crippen molar-refractivity contribution in [1.29, 1.82) is 0 Å². The van der Waals surface area contributed by atoms with Crippen molar-refractivity contribution in [2.75, 3.05) is 24.7 Å². The maximum Gasteiger partial charge on any atom is 0.196 e. The summed E-state index contributed by atoms with van der Waals surface area (Å²) in [5.74, 6) is 2.04. The fourth-order valence-electron chi connectivity index (χ4n) is 2.42. The zero-order valence-electron chi connectivity index (χ0n) is 10.3. The van der Waals surface area contributed by atoms with Gasteiger partial charge < -0.3 is 9.47 Å². The third kappa shape index (κ3) is 2.72. The molecular weight excluding hydrogens is 264 g/mol. The second-order valence-corrected chi connectivity index (χ2v) is 7.46. The van der Waals surface area contributed by atoms with Gasteiger partial charge in [-0.15, -0.1) is 23.5 Å². The predicted octanol–water partition coefficient (Wildman–Crippen LogP) is 3.47. The summed E-state index contributed by atoms with van der Waals surface area (Å²) in [4.78, 5) is 0. The van der Waals surface area contributed by atoms with E-state index in [1.54, 1.807) is 0 Å². The van der Waals surface area contributed by atoms with Gasteiger partial charge in [-0.3, -0.25) is 0 Å². The minimum absolute atomic E-state index is 0.497. The van der Waals surface area contributed by atoms with Gasteiger partial charge >= 0.3 is 0 Å². The van der Waals surface area contributed by atoms with Crippen LogP contribution in [0.25, 0.3) is 0 Å². The lowest BCUT2D eigenvalue weighted by Crippen LogP contribution is -2.31. The topological polar surface area (TPSA) is 18.5 Å². The summed E-state index contributed by atoms with van der Waals surface area (Å²) in [5.41, 5.74) is 1.16. The molecule has 2 aliphatic heterocycles. The zero-order valence-corrected chi connectivity index (χ0v) is 12.0. The number of ether oxygens (including phenoxy) is 2. The molecule has 0 unspecified atom stereocenters. The Bertz CT molecular complexity index is 371. The quantitative estimate of drug-likeness (QED) is 0.844. The average Bonchev–Trinajstić information content (AvgIpc) is 2.91. The maximum absolute atomic E-state index is 5.98. The molecule has 4 heteroatoms. The standard InChI is InChI=1S/C14H18O2S2/c1-2-5-12(6-3-1)14(15-7-8-16-14)11-13-17-9-4-10-18-13/h1-3,5-6,13H,4,7-11H2. The lowest BCUT2D eigenvalue weighted by atomic mass is 10.0. The number of benzene rings is 1. The van der Waals surface area contributed by atoms with Crippen molar-refractivity contribution in [2.24, 2.45) is 0 Å². The number of rotatable bonds is 3. The molecule has 0 saturated carbocycles. The Balaban J connectivity index is 1.78. The third-order valence-corrected chi connectivity index (χ3v) is 6.24. The Morgan fingerprint density at radius 1 is 1.06 bits per heavy atom. The fourth-order valence-corrected chi connectivity index (χ4v) is 5.39. The van der Waals surface area contributed by atoms with E-state index in [0.29, 0.717) is 17.8 Å². The van der Waals surface area contributed by atoms with Crippen LogP contribution in [0, 0.1) is 0 Å². The summed E-state index contributed by atoms with van der Waals surface area (Å²) in [6.45, 7) is 1.41. The van der Waals surface area contributed by atoms with E-state index in [1.807, 2.05) is 29.6 Å². The molecule has 3 rings (SSSR count). The highest BCUT2D eigenvalue weighted by Crippen LogP contribution is 2.43. The summed E-state index contributed by atoms with van der Waals surface area (Å²) in [6.07, 6.45) is 2.28. The van der Waals surface area contributed by atoms with E-state index in [1.165, 1.54) is 17.9 Å². The molecule has 2 nitrogen and oxygen atoms in total. The van der Waals surface area contributed by atoms with Crippen LogP contribution in [-0.4, -0.2) is 29.3 Å². The van der Waals surface area contributed by atoms with E-state index < -0.39 is 5.79 Å². The molecule has 0 bridgehead atoms. The van der Waals surface area contributed by atoms with Gasteiger partial charge in [0.25, 0.3) is 0 Å². The first-order valence-electron chi connectivity index (χ1n) is 6.46. The van der Waals surface area contributed by atoms with Gasteiger partial charge in [-0.2, -0.15) is 0 Å². The number of hydrogen-bond donors (Lipinski definition) is 0. The molecular formula is C14H18O2S2.